The molecule has 1 unspecified atom stereocenters. The third kappa shape index (κ3) is 9.45. The number of aliphatic hydroxyl groups excluding tert-OH is 1. The summed E-state index contributed by atoms with van der Waals surface area (Å²) in [6.07, 6.45) is -3.73. The highest BCUT2D eigenvalue weighted by Gasteiger charge is 2.53. The molecule has 1 aliphatic rings. The summed E-state index contributed by atoms with van der Waals surface area (Å²) in [6, 6.07) is 25.0. The number of carbonyl (C=O) groups excluding carboxylic acids is 3. The van der Waals surface area contributed by atoms with Gasteiger partial charge in [0.25, 0.3) is 0 Å². The highest BCUT2D eigenvalue weighted by atomic mass is 32.2. The number of thioether (sulfide) groups is 1. The molecule has 9 nitrogen and oxygen atoms in total. The lowest BCUT2D eigenvalue weighted by Crippen LogP contribution is -2.61. The molecule has 0 saturated carbocycles. The summed E-state index contributed by atoms with van der Waals surface area (Å²) in [6.45, 7) is 14.1. The van der Waals surface area contributed by atoms with E-state index in [9.17, 15) is 19.5 Å². The highest BCUT2D eigenvalue weighted by molar-refractivity contribution is 7.99. The summed E-state index contributed by atoms with van der Waals surface area (Å²) in [4.78, 5) is 40.4. The van der Waals surface area contributed by atoms with E-state index in [1.54, 1.807) is 97.1 Å². The molecule has 6 atom stereocenters. The van der Waals surface area contributed by atoms with E-state index >= 15 is 0 Å². The van der Waals surface area contributed by atoms with Gasteiger partial charge in [0.15, 0.2) is 26.6 Å². The summed E-state index contributed by atoms with van der Waals surface area (Å²) in [7, 11) is -2.20. The van der Waals surface area contributed by atoms with Crippen molar-refractivity contribution in [3.8, 4) is 0 Å². The summed E-state index contributed by atoms with van der Waals surface area (Å²) in [5, 5.41) is 10.5. The fraction of sp³-hybridized carbons (Fsp3) is 0.378. The molecule has 3 aromatic carbocycles. The van der Waals surface area contributed by atoms with Crippen LogP contribution in [0, 0.1) is 0 Å². The van der Waals surface area contributed by atoms with E-state index < -0.39 is 62.7 Å². The number of carbonyl (C=O) groups is 3. The molecule has 1 N–H and O–H groups in total. The monoisotopic (exact) mass is 692 g/mol. The van der Waals surface area contributed by atoms with Gasteiger partial charge >= 0.3 is 17.9 Å². The van der Waals surface area contributed by atoms with Crippen LogP contribution in [-0.4, -0.2) is 79.6 Å². The quantitative estimate of drug-likeness (QED) is 0.0899. The second-order valence-corrected chi connectivity index (χ2v) is 18.8. The molecule has 1 fully saturated rings. The van der Waals surface area contributed by atoms with Crippen LogP contribution >= 0.6 is 11.8 Å². The van der Waals surface area contributed by atoms with Gasteiger partial charge in [-0.25, -0.2) is 14.4 Å². The average molecular weight is 693 g/mol. The Morgan fingerprint density at radius 2 is 1.21 bits per heavy atom. The molecular formula is C37H44O9SSi. The second-order valence-electron chi connectivity index (χ2n) is 12.9. The molecule has 1 aliphatic heterocycles. The molecule has 0 aromatic heterocycles. The molecule has 3 aromatic rings. The summed E-state index contributed by atoms with van der Waals surface area (Å²) in [5.41, 5.74) is -0.208. The van der Waals surface area contributed by atoms with Crippen LogP contribution < -0.4 is 0 Å². The third-order valence-electron chi connectivity index (χ3n) is 8.47. The number of rotatable bonds is 13. The van der Waals surface area contributed by atoms with Crippen molar-refractivity contribution >= 4 is 38.0 Å². The molecule has 0 radical (unpaired) electrons. The Kier molecular flexibility index (Phi) is 12.8. The fourth-order valence-electron chi connectivity index (χ4n) is 4.75. The van der Waals surface area contributed by atoms with Crippen molar-refractivity contribution in [2.24, 2.45) is 0 Å². The van der Waals surface area contributed by atoms with Crippen molar-refractivity contribution in [1.29, 1.82) is 0 Å². The topological polar surface area (TPSA) is 118 Å². The minimum absolute atomic E-state index is 0.0530. The van der Waals surface area contributed by atoms with Crippen LogP contribution in [0.1, 0.15) is 51.8 Å². The molecule has 0 bridgehead atoms. The zero-order chi connectivity index (χ0) is 34.9. The van der Waals surface area contributed by atoms with Gasteiger partial charge in [0.05, 0.1) is 29.4 Å². The SMILES string of the molecule is C=CC(CS[C@H]1O[C@H](CO)[C@H](OC(=O)c2ccccc2)[C@H](OC(=O)c2ccccc2)[C@H]1OC(=O)c1ccccc1)O[Si](C)(C)C(C)(C)C. The Labute approximate surface area is 287 Å². The number of esters is 3. The molecule has 1 saturated heterocycles. The Morgan fingerprint density at radius 1 is 0.792 bits per heavy atom. The Balaban J connectivity index is 1.72. The van der Waals surface area contributed by atoms with Gasteiger partial charge in [-0.3, -0.25) is 0 Å². The largest absolute Gasteiger partial charge is 0.452 e. The summed E-state index contributed by atoms with van der Waals surface area (Å²) < 4.78 is 31.0. The molecule has 48 heavy (non-hydrogen) atoms. The van der Waals surface area contributed by atoms with Crippen LogP contribution in [0.4, 0.5) is 0 Å². The van der Waals surface area contributed by atoms with Crippen molar-refractivity contribution in [3.05, 3.63) is 120 Å². The highest BCUT2D eigenvalue weighted by Crippen LogP contribution is 2.39. The predicted molar refractivity (Wildman–Crippen MR) is 187 cm³/mol. The first-order chi connectivity index (χ1) is 22.8. The average Bonchev–Trinajstić information content (AvgIpc) is 3.08. The number of aliphatic hydroxyl groups is 1. The maximum Gasteiger partial charge on any atom is 0.338 e. The molecule has 1 heterocycles. The van der Waals surface area contributed by atoms with Crippen LogP contribution in [0.2, 0.25) is 18.1 Å². The van der Waals surface area contributed by atoms with Crippen molar-refractivity contribution in [3.63, 3.8) is 0 Å². The van der Waals surface area contributed by atoms with Crippen LogP contribution in [0.5, 0.6) is 0 Å². The van der Waals surface area contributed by atoms with E-state index in [1.807, 2.05) is 0 Å². The van der Waals surface area contributed by atoms with Gasteiger partial charge in [0, 0.05) is 5.75 Å². The lowest BCUT2D eigenvalue weighted by molar-refractivity contribution is -0.207. The van der Waals surface area contributed by atoms with E-state index in [0.29, 0.717) is 5.75 Å². The molecule has 4 rings (SSSR count). The first-order valence-electron chi connectivity index (χ1n) is 15.8. The Hall–Kier alpha value is -3.74. The molecule has 0 aliphatic carbocycles. The van der Waals surface area contributed by atoms with E-state index in [-0.39, 0.29) is 27.8 Å². The van der Waals surface area contributed by atoms with Crippen molar-refractivity contribution in [2.75, 3.05) is 12.4 Å². The molecule has 0 amide bonds. The van der Waals surface area contributed by atoms with Crippen LogP contribution in [-0.2, 0) is 23.4 Å². The minimum Gasteiger partial charge on any atom is -0.452 e. The maximum absolute atomic E-state index is 13.5. The van der Waals surface area contributed by atoms with E-state index in [4.69, 9.17) is 23.4 Å². The first kappa shape index (κ1) is 37.1. The van der Waals surface area contributed by atoms with Gasteiger partial charge in [0.1, 0.15) is 11.5 Å². The van der Waals surface area contributed by atoms with Gasteiger partial charge in [-0.05, 0) is 54.5 Å². The minimum atomic E-state index is -2.20. The van der Waals surface area contributed by atoms with Gasteiger partial charge in [-0.15, -0.1) is 18.3 Å². The Morgan fingerprint density at radius 3 is 1.60 bits per heavy atom. The first-order valence-corrected chi connectivity index (χ1v) is 19.8. The van der Waals surface area contributed by atoms with Crippen LogP contribution in [0.25, 0.3) is 0 Å². The zero-order valence-corrected chi connectivity index (χ0v) is 29.8. The number of benzene rings is 3. The van der Waals surface area contributed by atoms with Gasteiger partial charge in [-0.2, -0.15) is 0 Å². The molecule has 256 valence electrons. The van der Waals surface area contributed by atoms with Crippen LogP contribution in [0.15, 0.2) is 104 Å². The zero-order valence-electron chi connectivity index (χ0n) is 27.9. The number of hydrogen-bond acceptors (Lipinski definition) is 10. The molecular weight excluding hydrogens is 649 g/mol. The second kappa shape index (κ2) is 16.6. The standard InChI is InChI=1S/C37H44O9SSi/c1-7-28(46-48(5,6)37(2,3)4)24-47-36-32(45-35(41)27-21-15-10-16-22-27)31(44-34(40)26-19-13-9-14-20-26)30(29(23-38)42-36)43-33(39)25-17-11-8-12-18-25/h7-22,28-32,36,38H,1,23-24H2,2-6H3/t28?,29-,30+,31+,32-,36-/m1/s1. The van der Waals surface area contributed by atoms with Gasteiger partial charge in [0.2, 0.25) is 0 Å². The maximum atomic E-state index is 13.5. The lowest BCUT2D eigenvalue weighted by Gasteiger charge is -2.44. The summed E-state index contributed by atoms with van der Waals surface area (Å²) in [5.74, 6) is -1.79. The molecule has 11 heteroatoms. The third-order valence-corrected chi connectivity index (χ3v) is 14.2. The van der Waals surface area contributed by atoms with E-state index in [0.717, 1.165) is 0 Å². The predicted octanol–water partition coefficient (Wildman–Crippen LogP) is 6.69. The van der Waals surface area contributed by atoms with Crippen molar-refractivity contribution in [1.82, 2.24) is 0 Å². The smallest absolute Gasteiger partial charge is 0.338 e. The normalized spacial score (nSPS) is 21.8. The molecule has 0 spiro atoms. The van der Waals surface area contributed by atoms with Crippen molar-refractivity contribution in [2.45, 2.75) is 74.9 Å². The van der Waals surface area contributed by atoms with Gasteiger partial charge in [-0.1, -0.05) is 81.4 Å². The summed E-state index contributed by atoms with van der Waals surface area (Å²) >= 11 is 1.27. The van der Waals surface area contributed by atoms with E-state index in [2.05, 4.69) is 40.4 Å². The Bertz CT molecular complexity index is 1510. The van der Waals surface area contributed by atoms with Crippen molar-refractivity contribution < 1.29 is 42.9 Å². The van der Waals surface area contributed by atoms with Gasteiger partial charge < -0.3 is 28.5 Å². The number of ether oxygens (including phenoxy) is 4. The van der Waals surface area contributed by atoms with Crippen LogP contribution in [0.3, 0.4) is 0 Å². The fourth-order valence-corrected chi connectivity index (χ4v) is 7.37. The number of hydrogen-bond donors (Lipinski definition) is 1. The lowest BCUT2D eigenvalue weighted by atomic mass is 9.98. The van der Waals surface area contributed by atoms with E-state index in [1.165, 1.54) is 11.8 Å².